The van der Waals surface area contributed by atoms with Crippen molar-refractivity contribution in [3.8, 4) is 11.5 Å². The SMILES string of the molecule is COc1cc(C(=O)N(Cc2ccccn2)c2nc3ccc(C)cc3s2)c([N+](=O)[O-])cc1OC. The molecule has 0 N–H and O–H groups in total. The lowest BCUT2D eigenvalue weighted by Crippen LogP contribution is -2.31. The van der Waals surface area contributed by atoms with Crippen molar-refractivity contribution in [1.82, 2.24) is 9.97 Å². The molecule has 0 aliphatic heterocycles. The molecular weight excluding hydrogens is 444 g/mol. The van der Waals surface area contributed by atoms with Crippen molar-refractivity contribution in [2.24, 2.45) is 0 Å². The number of benzene rings is 2. The van der Waals surface area contributed by atoms with Crippen LogP contribution in [0.25, 0.3) is 10.2 Å². The van der Waals surface area contributed by atoms with Gasteiger partial charge in [-0.05, 0) is 36.8 Å². The Balaban J connectivity index is 1.86. The number of amides is 1. The first kappa shape index (κ1) is 22.2. The standard InChI is InChI=1S/C23H20N4O5S/c1-14-7-8-17-21(10-14)33-23(25-17)26(13-15-6-4-5-9-24-15)22(28)16-11-19(31-2)20(32-3)12-18(16)27(29)30/h4-12H,13H2,1-3H3. The van der Waals surface area contributed by atoms with E-state index < -0.39 is 10.8 Å². The summed E-state index contributed by atoms with van der Waals surface area (Å²) in [6.07, 6.45) is 1.62. The smallest absolute Gasteiger partial charge is 0.286 e. The molecule has 9 nitrogen and oxygen atoms in total. The number of aryl methyl sites for hydroxylation is 1. The summed E-state index contributed by atoms with van der Waals surface area (Å²) in [5.41, 5.74) is 1.89. The highest BCUT2D eigenvalue weighted by atomic mass is 32.1. The van der Waals surface area contributed by atoms with E-state index in [0.29, 0.717) is 10.8 Å². The van der Waals surface area contributed by atoms with Gasteiger partial charge in [-0.25, -0.2) is 4.98 Å². The van der Waals surface area contributed by atoms with Crippen LogP contribution >= 0.6 is 11.3 Å². The summed E-state index contributed by atoms with van der Waals surface area (Å²) in [6, 6.07) is 13.7. The van der Waals surface area contributed by atoms with Crippen LogP contribution in [0, 0.1) is 17.0 Å². The lowest BCUT2D eigenvalue weighted by atomic mass is 10.1. The number of nitro groups is 1. The number of nitro benzene ring substituents is 1. The van der Waals surface area contributed by atoms with Crippen LogP contribution in [0.2, 0.25) is 0 Å². The number of hydrogen-bond acceptors (Lipinski definition) is 8. The number of fused-ring (bicyclic) bond motifs is 1. The van der Waals surface area contributed by atoms with Crippen LogP contribution in [0.15, 0.2) is 54.7 Å². The molecule has 0 spiro atoms. The Morgan fingerprint density at radius 3 is 2.55 bits per heavy atom. The van der Waals surface area contributed by atoms with Crippen LogP contribution in [0.5, 0.6) is 11.5 Å². The number of aromatic nitrogens is 2. The van der Waals surface area contributed by atoms with E-state index in [4.69, 9.17) is 9.47 Å². The van der Waals surface area contributed by atoms with Crippen molar-refractivity contribution in [2.45, 2.75) is 13.5 Å². The van der Waals surface area contributed by atoms with Crippen LogP contribution in [0.1, 0.15) is 21.6 Å². The second-order valence-electron chi connectivity index (χ2n) is 7.16. The highest BCUT2D eigenvalue weighted by Crippen LogP contribution is 2.37. The van der Waals surface area contributed by atoms with E-state index in [-0.39, 0.29) is 29.3 Å². The molecule has 1 amide bonds. The molecule has 0 bridgehead atoms. The first-order chi connectivity index (χ1) is 15.9. The van der Waals surface area contributed by atoms with Gasteiger partial charge in [0.2, 0.25) is 0 Å². The van der Waals surface area contributed by atoms with Crippen molar-refractivity contribution < 1.29 is 19.2 Å². The molecule has 0 saturated heterocycles. The first-order valence-electron chi connectivity index (χ1n) is 9.90. The molecule has 2 aromatic carbocycles. The van der Waals surface area contributed by atoms with Gasteiger partial charge in [0.25, 0.3) is 11.6 Å². The van der Waals surface area contributed by atoms with Crippen LogP contribution < -0.4 is 14.4 Å². The number of carbonyl (C=O) groups excluding carboxylic acids is 1. The number of methoxy groups -OCH3 is 2. The molecule has 0 radical (unpaired) electrons. The van der Waals surface area contributed by atoms with Gasteiger partial charge >= 0.3 is 0 Å². The third-order valence-corrected chi connectivity index (χ3v) is 6.03. The average molecular weight is 465 g/mol. The van der Waals surface area contributed by atoms with E-state index in [0.717, 1.165) is 15.8 Å². The van der Waals surface area contributed by atoms with Gasteiger partial charge in [-0.3, -0.25) is 24.8 Å². The largest absolute Gasteiger partial charge is 0.493 e. The maximum Gasteiger partial charge on any atom is 0.286 e. The third-order valence-electron chi connectivity index (χ3n) is 4.98. The van der Waals surface area contributed by atoms with Gasteiger partial charge in [0.15, 0.2) is 16.6 Å². The molecule has 0 unspecified atom stereocenters. The molecule has 33 heavy (non-hydrogen) atoms. The van der Waals surface area contributed by atoms with E-state index in [1.807, 2.05) is 31.2 Å². The fraction of sp³-hybridized carbons (Fsp3) is 0.174. The minimum atomic E-state index is -0.615. The third kappa shape index (κ3) is 4.46. The molecule has 2 heterocycles. The van der Waals surface area contributed by atoms with E-state index in [1.54, 1.807) is 18.3 Å². The fourth-order valence-electron chi connectivity index (χ4n) is 3.35. The number of carbonyl (C=O) groups is 1. The Labute approximate surface area is 193 Å². The number of anilines is 1. The van der Waals surface area contributed by atoms with Crippen molar-refractivity contribution >= 4 is 38.3 Å². The summed E-state index contributed by atoms with van der Waals surface area (Å²) in [5, 5.41) is 12.2. The Hall–Kier alpha value is -4.05. The monoisotopic (exact) mass is 464 g/mol. The zero-order chi connectivity index (χ0) is 23.5. The van der Waals surface area contributed by atoms with Crippen molar-refractivity contribution in [3.63, 3.8) is 0 Å². The normalized spacial score (nSPS) is 10.8. The van der Waals surface area contributed by atoms with Gasteiger partial charge in [-0.1, -0.05) is 23.5 Å². The lowest BCUT2D eigenvalue weighted by Gasteiger charge is -2.20. The lowest BCUT2D eigenvalue weighted by molar-refractivity contribution is -0.385. The molecular formula is C23H20N4O5S. The van der Waals surface area contributed by atoms with E-state index >= 15 is 0 Å². The van der Waals surface area contributed by atoms with Crippen LogP contribution in [0.4, 0.5) is 10.8 Å². The number of hydrogen-bond donors (Lipinski definition) is 0. The van der Waals surface area contributed by atoms with Gasteiger partial charge in [-0.15, -0.1) is 0 Å². The minimum Gasteiger partial charge on any atom is -0.493 e. The molecule has 0 aliphatic rings. The number of rotatable bonds is 7. The quantitative estimate of drug-likeness (QED) is 0.286. The summed E-state index contributed by atoms with van der Waals surface area (Å²) in [6.45, 7) is 2.06. The second-order valence-corrected chi connectivity index (χ2v) is 8.17. The number of nitrogens with zero attached hydrogens (tertiary/aromatic N) is 4. The summed E-state index contributed by atoms with van der Waals surface area (Å²) < 4.78 is 11.4. The van der Waals surface area contributed by atoms with Crippen molar-refractivity contribution in [3.05, 3.63) is 81.7 Å². The second kappa shape index (κ2) is 9.21. The molecule has 10 heteroatoms. The fourth-order valence-corrected chi connectivity index (χ4v) is 4.41. The number of ether oxygens (including phenoxy) is 2. The highest BCUT2D eigenvalue weighted by molar-refractivity contribution is 7.22. The van der Waals surface area contributed by atoms with Crippen LogP contribution in [0.3, 0.4) is 0 Å². The van der Waals surface area contributed by atoms with Crippen LogP contribution in [-0.2, 0) is 6.54 Å². The maximum atomic E-state index is 13.8. The Morgan fingerprint density at radius 2 is 1.88 bits per heavy atom. The van der Waals surface area contributed by atoms with Crippen molar-refractivity contribution in [1.29, 1.82) is 0 Å². The van der Waals surface area contributed by atoms with Gasteiger partial charge in [0.05, 0.1) is 47.7 Å². The molecule has 2 aromatic heterocycles. The topological polar surface area (TPSA) is 108 Å². The maximum absolute atomic E-state index is 13.8. The molecule has 168 valence electrons. The Morgan fingerprint density at radius 1 is 1.12 bits per heavy atom. The summed E-state index contributed by atoms with van der Waals surface area (Å²) in [5.74, 6) is -0.222. The molecule has 4 aromatic rings. The predicted octanol–water partition coefficient (Wildman–Crippen LogP) is 4.77. The zero-order valence-electron chi connectivity index (χ0n) is 18.1. The summed E-state index contributed by atoms with van der Waals surface area (Å²) in [4.78, 5) is 35.3. The Kier molecular flexibility index (Phi) is 6.18. The first-order valence-corrected chi connectivity index (χ1v) is 10.7. The zero-order valence-corrected chi connectivity index (χ0v) is 19.0. The van der Waals surface area contributed by atoms with Crippen LogP contribution in [-0.4, -0.2) is 35.0 Å². The number of pyridine rings is 1. The van der Waals surface area contributed by atoms with Crippen molar-refractivity contribution in [2.75, 3.05) is 19.1 Å². The highest BCUT2D eigenvalue weighted by Gasteiger charge is 2.30. The molecule has 0 aliphatic carbocycles. The van der Waals surface area contributed by atoms with Gasteiger partial charge in [0.1, 0.15) is 5.56 Å². The molecule has 4 rings (SSSR count). The molecule has 0 atom stereocenters. The van der Waals surface area contributed by atoms with Gasteiger partial charge in [0, 0.05) is 12.3 Å². The molecule has 0 saturated carbocycles. The van der Waals surface area contributed by atoms with E-state index in [1.165, 1.54) is 42.6 Å². The van der Waals surface area contributed by atoms with E-state index in [2.05, 4.69) is 9.97 Å². The van der Waals surface area contributed by atoms with Gasteiger partial charge < -0.3 is 9.47 Å². The average Bonchev–Trinajstić information content (AvgIpc) is 3.24. The molecule has 0 fully saturated rings. The minimum absolute atomic E-state index is 0.0873. The van der Waals surface area contributed by atoms with E-state index in [9.17, 15) is 14.9 Å². The number of thiazole rings is 1. The van der Waals surface area contributed by atoms with Gasteiger partial charge in [-0.2, -0.15) is 0 Å². The summed E-state index contributed by atoms with van der Waals surface area (Å²) >= 11 is 1.33. The predicted molar refractivity (Wildman–Crippen MR) is 125 cm³/mol. The summed E-state index contributed by atoms with van der Waals surface area (Å²) in [7, 11) is 2.78. The Bertz CT molecular complexity index is 1340.